The molecule has 1 saturated heterocycles. The van der Waals surface area contributed by atoms with E-state index in [2.05, 4.69) is 4.90 Å². The van der Waals surface area contributed by atoms with Gasteiger partial charge in [0.2, 0.25) is 0 Å². The molecule has 3 heteroatoms. The van der Waals surface area contributed by atoms with Crippen molar-refractivity contribution in [2.75, 3.05) is 26.2 Å². The van der Waals surface area contributed by atoms with Crippen molar-refractivity contribution >= 4 is 5.78 Å². The Bertz CT molecular complexity index is 147. The Morgan fingerprint density at radius 1 is 1.42 bits per heavy atom. The molecule has 0 radical (unpaired) electrons. The van der Waals surface area contributed by atoms with Crippen molar-refractivity contribution in [2.24, 2.45) is 0 Å². The van der Waals surface area contributed by atoms with Crippen LogP contribution in [0.15, 0.2) is 0 Å². The summed E-state index contributed by atoms with van der Waals surface area (Å²) in [7, 11) is 0. The minimum Gasteiger partial charge on any atom is -0.396 e. The zero-order valence-corrected chi connectivity index (χ0v) is 7.46. The molecule has 1 heterocycles. The van der Waals surface area contributed by atoms with Gasteiger partial charge in [-0.15, -0.1) is 0 Å². The number of likely N-dealkylation sites (tertiary alicyclic amines) is 1. The van der Waals surface area contributed by atoms with Crippen molar-refractivity contribution in [3.63, 3.8) is 0 Å². The molecule has 0 aromatic carbocycles. The van der Waals surface area contributed by atoms with Crippen LogP contribution in [0.25, 0.3) is 0 Å². The van der Waals surface area contributed by atoms with E-state index in [9.17, 15) is 4.79 Å². The third-order valence-corrected chi connectivity index (χ3v) is 2.21. The number of unbranched alkanes of at least 4 members (excludes halogenated alkanes) is 1. The average Bonchev–Trinajstić information content (AvgIpc) is 2.05. The molecule has 0 amide bonds. The van der Waals surface area contributed by atoms with Gasteiger partial charge in [-0.3, -0.25) is 9.69 Å². The van der Waals surface area contributed by atoms with E-state index in [1.54, 1.807) is 0 Å². The van der Waals surface area contributed by atoms with Gasteiger partial charge in [-0.05, 0) is 32.4 Å². The predicted molar refractivity (Wildman–Crippen MR) is 47.0 cm³/mol. The average molecular weight is 171 g/mol. The van der Waals surface area contributed by atoms with Crippen LogP contribution in [0.2, 0.25) is 0 Å². The second-order valence-electron chi connectivity index (χ2n) is 3.35. The van der Waals surface area contributed by atoms with Gasteiger partial charge in [-0.2, -0.15) is 0 Å². The van der Waals surface area contributed by atoms with Crippen LogP contribution in [-0.2, 0) is 4.79 Å². The summed E-state index contributed by atoms with van der Waals surface area (Å²) in [5.74, 6) is 0.366. The molecule has 0 aromatic heterocycles. The van der Waals surface area contributed by atoms with E-state index < -0.39 is 0 Å². The first-order chi connectivity index (χ1) is 5.83. The summed E-state index contributed by atoms with van der Waals surface area (Å²) in [6.07, 6.45) is 3.63. The minimum absolute atomic E-state index is 0.266. The Balaban J connectivity index is 2.10. The van der Waals surface area contributed by atoms with Gasteiger partial charge in [0.1, 0.15) is 5.78 Å². The fourth-order valence-corrected chi connectivity index (χ4v) is 1.55. The molecule has 0 aromatic rings. The molecule has 0 saturated carbocycles. The van der Waals surface area contributed by atoms with Gasteiger partial charge in [-0.25, -0.2) is 0 Å². The number of nitrogens with zero attached hydrogens (tertiary/aromatic N) is 1. The first-order valence-electron chi connectivity index (χ1n) is 4.68. The molecule has 0 atom stereocenters. The quantitative estimate of drug-likeness (QED) is 0.623. The van der Waals surface area contributed by atoms with Gasteiger partial charge in [0, 0.05) is 13.0 Å². The molecule has 1 aliphatic rings. The Morgan fingerprint density at radius 3 is 2.92 bits per heavy atom. The first-order valence-corrected chi connectivity index (χ1v) is 4.68. The Labute approximate surface area is 73.4 Å². The lowest BCUT2D eigenvalue weighted by Crippen LogP contribution is -2.36. The molecule has 1 fully saturated rings. The summed E-state index contributed by atoms with van der Waals surface area (Å²) in [6.45, 7) is 2.91. The third kappa shape index (κ3) is 3.32. The number of aliphatic hydroxyl groups is 1. The van der Waals surface area contributed by atoms with Crippen molar-refractivity contribution in [3.05, 3.63) is 0 Å². The van der Waals surface area contributed by atoms with Crippen LogP contribution in [0.4, 0.5) is 0 Å². The molecular formula is C9H17NO2. The normalized spacial score (nSPS) is 19.9. The SMILES string of the molecule is O=C1CCCN(CCCCO)C1. The van der Waals surface area contributed by atoms with E-state index in [-0.39, 0.29) is 6.61 Å². The highest BCUT2D eigenvalue weighted by molar-refractivity contribution is 5.81. The molecule has 0 unspecified atom stereocenters. The van der Waals surface area contributed by atoms with Crippen molar-refractivity contribution in [3.8, 4) is 0 Å². The second kappa shape index (κ2) is 5.27. The van der Waals surface area contributed by atoms with Gasteiger partial charge in [0.15, 0.2) is 0 Å². The fraction of sp³-hybridized carbons (Fsp3) is 0.889. The van der Waals surface area contributed by atoms with Crippen LogP contribution >= 0.6 is 0 Å². The lowest BCUT2D eigenvalue weighted by molar-refractivity contribution is -0.122. The smallest absolute Gasteiger partial charge is 0.146 e. The topological polar surface area (TPSA) is 40.5 Å². The number of rotatable bonds is 4. The van der Waals surface area contributed by atoms with Crippen molar-refractivity contribution in [1.82, 2.24) is 4.90 Å². The first kappa shape index (κ1) is 9.68. The number of aliphatic hydroxyl groups excluding tert-OH is 1. The van der Waals surface area contributed by atoms with E-state index >= 15 is 0 Å². The van der Waals surface area contributed by atoms with E-state index in [0.29, 0.717) is 12.3 Å². The summed E-state index contributed by atoms with van der Waals surface area (Å²) in [5.41, 5.74) is 0. The molecule has 0 aliphatic carbocycles. The highest BCUT2D eigenvalue weighted by Gasteiger charge is 2.15. The van der Waals surface area contributed by atoms with E-state index in [1.807, 2.05) is 0 Å². The number of carbonyl (C=O) groups is 1. The van der Waals surface area contributed by atoms with Crippen molar-refractivity contribution < 1.29 is 9.90 Å². The Kier molecular flexibility index (Phi) is 4.25. The zero-order valence-electron chi connectivity index (χ0n) is 7.46. The predicted octanol–water partition coefficient (Wildman–Crippen LogP) is 0.424. The van der Waals surface area contributed by atoms with Gasteiger partial charge in [0.05, 0.1) is 6.54 Å². The molecule has 70 valence electrons. The standard InChI is InChI=1S/C9H17NO2/c11-7-2-1-5-10-6-3-4-9(12)8-10/h11H,1-8H2. The molecule has 0 spiro atoms. The molecule has 1 N–H and O–H groups in total. The van der Waals surface area contributed by atoms with Crippen molar-refractivity contribution in [1.29, 1.82) is 0 Å². The molecule has 1 aliphatic heterocycles. The Hall–Kier alpha value is -0.410. The third-order valence-electron chi connectivity index (χ3n) is 2.21. The van der Waals surface area contributed by atoms with E-state index in [4.69, 9.17) is 5.11 Å². The van der Waals surface area contributed by atoms with Gasteiger partial charge in [-0.1, -0.05) is 0 Å². The number of carbonyl (C=O) groups excluding carboxylic acids is 1. The summed E-state index contributed by atoms with van der Waals surface area (Å²) in [6, 6.07) is 0. The van der Waals surface area contributed by atoms with Crippen LogP contribution in [0.5, 0.6) is 0 Å². The molecule has 0 bridgehead atoms. The number of hydrogen-bond acceptors (Lipinski definition) is 3. The highest BCUT2D eigenvalue weighted by atomic mass is 16.2. The zero-order chi connectivity index (χ0) is 8.81. The lowest BCUT2D eigenvalue weighted by Gasteiger charge is -2.25. The number of Topliss-reactive ketones (excluding diaryl/α,β-unsaturated/α-hetero) is 1. The molecule has 12 heavy (non-hydrogen) atoms. The van der Waals surface area contributed by atoms with E-state index in [1.165, 1.54) is 0 Å². The molecule has 3 nitrogen and oxygen atoms in total. The maximum absolute atomic E-state index is 11.0. The van der Waals surface area contributed by atoms with Crippen LogP contribution in [-0.4, -0.2) is 42.0 Å². The van der Waals surface area contributed by atoms with Crippen LogP contribution in [0.1, 0.15) is 25.7 Å². The minimum atomic E-state index is 0.266. The summed E-state index contributed by atoms with van der Waals surface area (Å²) >= 11 is 0. The molecule has 1 rings (SSSR count). The van der Waals surface area contributed by atoms with Gasteiger partial charge >= 0.3 is 0 Å². The van der Waals surface area contributed by atoms with Crippen LogP contribution in [0, 0.1) is 0 Å². The van der Waals surface area contributed by atoms with E-state index in [0.717, 1.165) is 38.8 Å². The van der Waals surface area contributed by atoms with Crippen LogP contribution < -0.4 is 0 Å². The van der Waals surface area contributed by atoms with Gasteiger partial charge < -0.3 is 5.11 Å². The van der Waals surface area contributed by atoms with Crippen molar-refractivity contribution in [2.45, 2.75) is 25.7 Å². The number of ketones is 1. The maximum Gasteiger partial charge on any atom is 0.146 e. The second-order valence-corrected chi connectivity index (χ2v) is 3.35. The molecular weight excluding hydrogens is 154 g/mol. The summed E-state index contributed by atoms with van der Waals surface area (Å²) in [5, 5.41) is 8.56. The summed E-state index contributed by atoms with van der Waals surface area (Å²) in [4.78, 5) is 13.2. The number of piperidine rings is 1. The summed E-state index contributed by atoms with van der Waals surface area (Å²) < 4.78 is 0. The Morgan fingerprint density at radius 2 is 2.25 bits per heavy atom. The largest absolute Gasteiger partial charge is 0.396 e. The number of hydrogen-bond donors (Lipinski definition) is 1. The maximum atomic E-state index is 11.0. The fourth-order valence-electron chi connectivity index (χ4n) is 1.55. The highest BCUT2D eigenvalue weighted by Crippen LogP contribution is 2.06. The van der Waals surface area contributed by atoms with Crippen LogP contribution in [0.3, 0.4) is 0 Å². The lowest BCUT2D eigenvalue weighted by atomic mass is 10.1. The monoisotopic (exact) mass is 171 g/mol. The van der Waals surface area contributed by atoms with Gasteiger partial charge in [0.25, 0.3) is 0 Å².